The van der Waals surface area contributed by atoms with Gasteiger partial charge in [-0.05, 0) is 90.8 Å². The van der Waals surface area contributed by atoms with Gasteiger partial charge in [-0.15, -0.1) is 11.3 Å². The Morgan fingerprint density at radius 1 is 1.07 bits per heavy atom. The Labute approximate surface area is 250 Å². The van der Waals surface area contributed by atoms with Crippen LogP contribution in [0, 0.1) is 17.8 Å². The van der Waals surface area contributed by atoms with Crippen molar-refractivity contribution in [2.45, 2.75) is 45.2 Å². The lowest BCUT2D eigenvalue weighted by Crippen LogP contribution is -2.46. The van der Waals surface area contributed by atoms with Crippen LogP contribution in [0.1, 0.15) is 36.6 Å². The molecule has 0 spiro atoms. The summed E-state index contributed by atoms with van der Waals surface area (Å²) in [5.41, 5.74) is 4.12. The Morgan fingerprint density at radius 3 is 2.60 bits per heavy atom. The number of amides is 2. The van der Waals surface area contributed by atoms with E-state index in [0.29, 0.717) is 25.9 Å². The highest BCUT2D eigenvalue weighted by Crippen LogP contribution is 2.51. The van der Waals surface area contributed by atoms with Gasteiger partial charge < -0.3 is 19.5 Å². The highest BCUT2D eigenvalue weighted by atomic mass is 32.1. The van der Waals surface area contributed by atoms with Crippen LogP contribution in [-0.2, 0) is 20.8 Å². The molecule has 7 nitrogen and oxygen atoms in total. The Kier molecular flexibility index (Phi) is 8.33. The molecule has 42 heavy (non-hydrogen) atoms. The number of ether oxygens (including phenoxy) is 1. The summed E-state index contributed by atoms with van der Waals surface area (Å²) in [5.74, 6) is -0.607. The van der Waals surface area contributed by atoms with E-state index in [1.807, 2.05) is 60.0 Å². The molecule has 3 aliphatic rings. The number of phenolic OH excluding ortho intramolecular Hbond substituents is 1. The zero-order valence-electron chi connectivity index (χ0n) is 23.5. The van der Waals surface area contributed by atoms with E-state index in [9.17, 15) is 19.7 Å². The van der Waals surface area contributed by atoms with Crippen molar-refractivity contribution < 1.29 is 29.1 Å². The Morgan fingerprint density at radius 2 is 1.86 bits per heavy atom. The lowest BCUT2D eigenvalue weighted by molar-refractivity contribution is -0.140. The quantitative estimate of drug-likeness (QED) is 0.190. The average molecular weight is 584 g/mol. The first-order valence-electron chi connectivity index (χ1n) is 14.4. The van der Waals surface area contributed by atoms with Crippen molar-refractivity contribution >= 4 is 36.3 Å². The van der Waals surface area contributed by atoms with E-state index in [-0.39, 0.29) is 36.3 Å². The number of carbonyl (C=O) groups is 2. The number of thiophene rings is 1. The molecular formula is C33H34BNO6S. The summed E-state index contributed by atoms with van der Waals surface area (Å²) in [6.07, 6.45) is 3.72. The summed E-state index contributed by atoms with van der Waals surface area (Å²) in [5, 5.41) is 22.4. The minimum absolute atomic E-state index is 0.139. The van der Waals surface area contributed by atoms with Crippen molar-refractivity contribution in [3.05, 3.63) is 99.3 Å². The van der Waals surface area contributed by atoms with Crippen LogP contribution in [0.5, 0.6) is 11.5 Å². The molecular weight excluding hydrogens is 549 g/mol. The molecule has 6 rings (SSSR count). The molecule has 3 heterocycles. The smallest absolute Gasteiger partial charge is 0.455 e. The van der Waals surface area contributed by atoms with Crippen LogP contribution in [0.2, 0.25) is 6.32 Å². The van der Waals surface area contributed by atoms with Gasteiger partial charge in [0.25, 0.3) is 0 Å². The molecule has 3 aromatic rings. The van der Waals surface area contributed by atoms with Gasteiger partial charge >= 0.3 is 7.12 Å². The van der Waals surface area contributed by atoms with Gasteiger partial charge in [-0.25, -0.2) is 0 Å². The molecule has 9 heteroatoms. The number of likely N-dealkylation sites (tertiary alicyclic amines) is 1. The maximum atomic E-state index is 13.8. The van der Waals surface area contributed by atoms with Gasteiger partial charge in [0.1, 0.15) is 18.1 Å². The predicted molar refractivity (Wildman–Crippen MR) is 163 cm³/mol. The molecule has 2 aliphatic heterocycles. The number of phenols is 1. The van der Waals surface area contributed by atoms with E-state index in [4.69, 9.17) is 9.39 Å². The number of rotatable bonds is 9. The molecule has 0 radical (unpaired) electrons. The molecule has 2 saturated heterocycles. The molecule has 1 aliphatic carbocycles. The van der Waals surface area contributed by atoms with Crippen molar-refractivity contribution in [3.8, 4) is 11.5 Å². The summed E-state index contributed by atoms with van der Waals surface area (Å²) in [6.45, 7) is 2.63. The number of fused-ring (bicyclic) bond motifs is 3. The fourth-order valence-corrected chi connectivity index (χ4v) is 7.34. The van der Waals surface area contributed by atoms with Crippen molar-refractivity contribution in [3.63, 3.8) is 0 Å². The van der Waals surface area contributed by atoms with Crippen LogP contribution < -0.4 is 4.74 Å². The van der Waals surface area contributed by atoms with Crippen LogP contribution in [0.15, 0.2) is 88.8 Å². The molecule has 4 atom stereocenters. The average Bonchev–Trinajstić information content (AvgIpc) is 3.59. The van der Waals surface area contributed by atoms with Gasteiger partial charge in [0, 0.05) is 4.88 Å². The third-order valence-electron chi connectivity index (χ3n) is 8.56. The lowest BCUT2D eigenvalue weighted by Gasteiger charge is -2.43. The summed E-state index contributed by atoms with van der Waals surface area (Å²) in [4.78, 5) is 29.9. The summed E-state index contributed by atoms with van der Waals surface area (Å²) in [7, 11) is -1.02. The fourth-order valence-electron chi connectivity index (χ4n) is 6.65. The molecule has 0 saturated carbocycles. The number of imide groups is 1. The Hall–Kier alpha value is -3.66. The molecule has 0 unspecified atom stereocenters. The van der Waals surface area contributed by atoms with Crippen LogP contribution in [0.4, 0.5) is 0 Å². The first-order chi connectivity index (χ1) is 20.4. The van der Waals surface area contributed by atoms with Crippen molar-refractivity contribution in [1.82, 2.24) is 4.90 Å². The third kappa shape index (κ3) is 5.95. The summed E-state index contributed by atoms with van der Waals surface area (Å²) >= 11 is 1.53. The number of benzene rings is 2. The number of hydrogen-bond acceptors (Lipinski definition) is 7. The molecule has 2 aromatic carbocycles. The number of aromatic hydroxyl groups is 1. The summed E-state index contributed by atoms with van der Waals surface area (Å²) in [6, 6.07) is 20.5. The van der Waals surface area contributed by atoms with E-state index in [0.717, 1.165) is 32.9 Å². The lowest BCUT2D eigenvalue weighted by atomic mass is 9.58. The minimum atomic E-state index is -1.02. The molecule has 2 fully saturated rings. The Bertz CT molecular complexity index is 1490. The van der Waals surface area contributed by atoms with Gasteiger partial charge in [-0.3, -0.25) is 14.5 Å². The van der Waals surface area contributed by atoms with E-state index >= 15 is 0 Å². The largest absolute Gasteiger partial charge is 0.508 e. The van der Waals surface area contributed by atoms with Crippen LogP contribution in [0.3, 0.4) is 0 Å². The molecule has 1 aromatic heterocycles. The number of carbonyl (C=O) groups excluding carboxylic acids is 2. The second-order valence-electron chi connectivity index (χ2n) is 11.4. The van der Waals surface area contributed by atoms with Crippen LogP contribution >= 0.6 is 11.3 Å². The first kappa shape index (κ1) is 28.5. The molecule has 2 amide bonds. The number of para-hydroxylation sites is 1. The monoisotopic (exact) mass is 583 g/mol. The normalized spacial score (nSPS) is 24.2. The van der Waals surface area contributed by atoms with Gasteiger partial charge in [0.05, 0.1) is 24.5 Å². The number of nitrogens with zero attached hydrogens (tertiary/aromatic N) is 1. The van der Waals surface area contributed by atoms with Crippen LogP contribution in [0.25, 0.3) is 6.08 Å². The second-order valence-corrected chi connectivity index (χ2v) is 12.4. The van der Waals surface area contributed by atoms with E-state index in [2.05, 4.69) is 13.0 Å². The molecule has 216 valence electrons. The zero-order chi connectivity index (χ0) is 29.2. The minimum Gasteiger partial charge on any atom is -0.508 e. The second kappa shape index (κ2) is 12.3. The standard InChI is InChI=1S/C33H34BNO6S/c1-21(16-22-10-12-24(36)13-11-22)9-14-29-30-23(20-40-25-6-3-2-4-7-25)17-27-31(28(30)18-34(39)41-29)33(38)35(32(27)37)19-26-8-5-15-42-26/h2-8,10-13,15-16,27-29,31,36,39H,9,14,17-20H2,1H3/b21-16+/t27-,28+,29-,31-/m1/s1. The predicted octanol–water partition coefficient (Wildman–Crippen LogP) is 5.71. The third-order valence-corrected chi connectivity index (χ3v) is 9.42. The fraction of sp³-hybridized carbons (Fsp3) is 0.333. The topological polar surface area (TPSA) is 96.3 Å². The summed E-state index contributed by atoms with van der Waals surface area (Å²) < 4.78 is 12.3. The Balaban J connectivity index is 1.29. The van der Waals surface area contributed by atoms with Crippen LogP contribution in [-0.4, -0.2) is 46.7 Å². The van der Waals surface area contributed by atoms with E-state index < -0.39 is 25.1 Å². The van der Waals surface area contributed by atoms with E-state index in [1.165, 1.54) is 16.2 Å². The van der Waals surface area contributed by atoms with Gasteiger partial charge in [-0.1, -0.05) is 48.0 Å². The van der Waals surface area contributed by atoms with Gasteiger partial charge in [0.2, 0.25) is 11.8 Å². The maximum Gasteiger partial charge on any atom is 0.455 e. The van der Waals surface area contributed by atoms with Crippen molar-refractivity contribution in [2.24, 2.45) is 17.8 Å². The number of allylic oxidation sites excluding steroid dienone is 1. The van der Waals surface area contributed by atoms with Gasteiger partial charge in [-0.2, -0.15) is 0 Å². The highest BCUT2D eigenvalue weighted by Gasteiger charge is 2.57. The zero-order valence-corrected chi connectivity index (χ0v) is 24.3. The van der Waals surface area contributed by atoms with Crippen molar-refractivity contribution in [1.29, 1.82) is 0 Å². The number of hydrogen-bond donors (Lipinski definition) is 2. The molecule has 2 N–H and O–H groups in total. The first-order valence-corrected chi connectivity index (χ1v) is 15.3. The van der Waals surface area contributed by atoms with Crippen molar-refractivity contribution in [2.75, 3.05) is 6.61 Å². The maximum absolute atomic E-state index is 13.8. The van der Waals surface area contributed by atoms with E-state index in [1.54, 1.807) is 12.1 Å². The molecule has 0 bridgehead atoms. The SMILES string of the molecule is C/C(=C\c1ccc(O)cc1)CC[C@H]1OB(O)C[C@H]2C1=C(COc1ccccc1)C[C@H]1C(=O)N(Cc3cccs3)C(=O)[C@H]12. The highest BCUT2D eigenvalue weighted by molar-refractivity contribution is 7.09. The van der Waals surface area contributed by atoms with Gasteiger partial charge in [0.15, 0.2) is 0 Å².